The highest BCUT2D eigenvalue weighted by Gasteiger charge is 2.30. The Balaban J connectivity index is 1.70. The van der Waals surface area contributed by atoms with Gasteiger partial charge in [0.15, 0.2) is 11.5 Å². The topological polar surface area (TPSA) is 80.1 Å². The van der Waals surface area contributed by atoms with E-state index >= 15 is 0 Å². The van der Waals surface area contributed by atoms with Crippen molar-refractivity contribution in [2.24, 2.45) is 0 Å². The van der Waals surface area contributed by atoms with Crippen LogP contribution in [0.2, 0.25) is 5.02 Å². The molecule has 0 spiro atoms. The molecular formula is C20H20ClN5O2S. The van der Waals surface area contributed by atoms with E-state index < -0.39 is 5.69 Å². The van der Waals surface area contributed by atoms with Gasteiger partial charge >= 0.3 is 5.69 Å². The molecule has 0 radical (unpaired) electrons. The van der Waals surface area contributed by atoms with Gasteiger partial charge in [-0.1, -0.05) is 11.6 Å². The quantitative estimate of drug-likeness (QED) is 0.672. The van der Waals surface area contributed by atoms with E-state index in [0.29, 0.717) is 33.7 Å². The molecule has 9 heteroatoms. The molecule has 2 aliphatic rings. The zero-order valence-electron chi connectivity index (χ0n) is 16.1. The van der Waals surface area contributed by atoms with E-state index in [1.807, 2.05) is 19.0 Å². The Morgan fingerprint density at radius 1 is 1.24 bits per heavy atom. The maximum atomic E-state index is 13.0. The van der Waals surface area contributed by atoms with Crippen molar-refractivity contribution in [2.45, 2.75) is 37.6 Å². The van der Waals surface area contributed by atoms with Crippen LogP contribution in [-0.4, -0.2) is 40.6 Å². The number of nitrogens with zero attached hydrogens (tertiary/aromatic N) is 4. The second kappa shape index (κ2) is 6.81. The lowest BCUT2D eigenvalue weighted by Gasteiger charge is -2.15. The van der Waals surface area contributed by atoms with E-state index in [-0.39, 0.29) is 11.9 Å². The molecule has 5 rings (SSSR count). The third-order valence-electron chi connectivity index (χ3n) is 5.15. The molecule has 1 amide bonds. The number of thiazole rings is 1. The summed E-state index contributed by atoms with van der Waals surface area (Å²) in [4.78, 5) is 36.4. The molecule has 0 atom stereocenters. The van der Waals surface area contributed by atoms with E-state index in [4.69, 9.17) is 16.6 Å². The second-order valence-corrected chi connectivity index (χ2v) is 9.28. The average molecular weight is 430 g/mol. The maximum absolute atomic E-state index is 13.0. The summed E-state index contributed by atoms with van der Waals surface area (Å²) in [6, 6.07) is 5.21. The van der Waals surface area contributed by atoms with Crippen molar-refractivity contribution < 1.29 is 4.79 Å². The van der Waals surface area contributed by atoms with Crippen LogP contribution >= 0.6 is 22.9 Å². The standard InChI is InChI=1S/C20H20ClN5O2S/c1-25(2)16-15-17(23-19(29-15)10-3-4-10)26(20(28)24-16)14-9-11(5-8-13(14)21)18(27)22-12-6-7-12/h5,8-10,12H,3-4,6-7H2,1-2H3,(H,22,27). The summed E-state index contributed by atoms with van der Waals surface area (Å²) in [5.41, 5.74) is 0.971. The van der Waals surface area contributed by atoms with Crippen LogP contribution < -0.4 is 15.9 Å². The van der Waals surface area contributed by atoms with E-state index in [2.05, 4.69) is 10.3 Å². The number of rotatable bonds is 5. The van der Waals surface area contributed by atoms with Gasteiger partial charge in [-0.2, -0.15) is 4.98 Å². The van der Waals surface area contributed by atoms with Crippen LogP contribution in [0.1, 0.15) is 47.0 Å². The summed E-state index contributed by atoms with van der Waals surface area (Å²) < 4.78 is 2.28. The first-order valence-corrected chi connectivity index (χ1v) is 10.8. The predicted molar refractivity (Wildman–Crippen MR) is 115 cm³/mol. The normalized spacial score (nSPS) is 16.2. The lowest BCUT2D eigenvalue weighted by Crippen LogP contribution is -2.27. The van der Waals surface area contributed by atoms with Crippen molar-refractivity contribution in [2.75, 3.05) is 19.0 Å². The van der Waals surface area contributed by atoms with Gasteiger partial charge in [0.05, 0.1) is 15.7 Å². The Morgan fingerprint density at radius 2 is 2.00 bits per heavy atom. The predicted octanol–water partition coefficient (Wildman–Crippen LogP) is 3.33. The number of anilines is 1. The van der Waals surface area contributed by atoms with Crippen molar-refractivity contribution in [1.82, 2.24) is 19.9 Å². The third-order valence-corrected chi connectivity index (χ3v) is 6.67. The van der Waals surface area contributed by atoms with Gasteiger partial charge in [0, 0.05) is 31.6 Å². The molecule has 3 aromatic rings. The fourth-order valence-corrected chi connectivity index (χ4v) is 4.75. The molecule has 2 heterocycles. The first-order chi connectivity index (χ1) is 13.9. The third kappa shape index (κ3) is 3.40. The smallest absolute Gasteiger partial charge is 0.355 e. The Morgan fingerprint density at radius 3 is 2.66 bits per heavy atom. The molecule has 0 unspecified atom stereocenters. The van der Waals surface area contributed by atoms with Crippen molar-refractivity contribution in [3.63, 3.8) is 0 Å². The highest BCUT2D eigenvalue weighted by molar-refractivity contribution is 7.19. The second-order valence-electron chi connectivity index (χ2n) is 7.84. The molecule has 7 nitrogen and oxygen atoms in total. The minimum Gasteiger partial charge on any atom is -0.361 e. The number of hydrogen-bond acceptors (Lipinski definition) is 6. The van der Waals surface area contributed by atoms with Gasteiger partial charge in [0.2, 0.25) is 0 Å². The summed E-state index contributed by atoms with van der Waals surface area (Å²) in [6.07, 6.45) is 4.24. The van der Waals surface area contributed by atoms with Crippen molar-refractivity contribution in [3.05, 3.63) is 44.3 Å². The summed E-state index contributed by atoms with van der Waals surface area (Å²) in [7, 11) is 3.72. The lowest BCUT2D eigenvalue weighted by molar-refractivity contribution is 0.0951. The molecule has 0 aliphatic heterocycles. The van der Waals surface area contributed by atoms with E-state index in [0.717, 1.165) is 35.4 Å². The molecular weight excluding hydrogens is 410 g/mol. The molecule has 0 saturated heterocycles. The van der Waals surface area contributed by atoms with E-state index in [9.17, 15) is 9.59 Å². The Bertz CT molecular complexity index is 1190. The monoisotopic (exact) mass is 429 g/mol. The highest BCUT2D eigenvalue weighted by Crippen LogP contribution is 2.44. The van der Waals surface area contributed by atoms with Gasteiger partial charge in [-0.25, -0.2) is 14.3 Å². The minimum absolute atomic E-state index is 0.162. The van der Waals surface area contributed by atoms with E-state index in [1.165, 1.54) is 4.57 Å². The lowest BCUT2D eigenvalue weighted by atomic mass is 10.2. The summed E-state index contributed by atoms with van der Waals surface area (Å²) in [6.45, 7) is 0. The number of aromatic nitrogens is 3. The van der Waals surface area contributed by atoms with Crippen LogP contribution in [-0.2, 0) is 0 Å². The molecule has 2 saturated carbocycles. The fourth-order valence-electron chi connectivity index (χ4n) is 3.25. The molecule has 2 aromatic heterocycles. The van der Waals surface area contributed by atoms with Gasteiger partial charge < -0.3 is 10.2 Å². The fraction of sp³-hybridized carbons (Fsp3) is 0.400. The SMILES string of the molecule is CN(C)c1nc(=O)n(-c2cc(C(=O)NC3CC3)ccc2Cl)c2nc(C3CC3)sc12. The summed E-state index contributed by atoms with van der Waals surface area (Å²) in [5, 5.41) is 4.35. The highest BCUT2D eigenvalue weighted by atomic mass is 35.5. The van der Waals surface area contributed by atoms with Crippen LogP contribution in [0.3, 0.4) is 0 Å². The first-order valence-electron chi connectivity index (χ1n) is 9.64. The molecule has 2 aliphatic carbocycles. The zero-order valence-corrected chi connectivity index (χ0v) is 17.7. The van der Waals surface area contributed by atoms with Crippen molar-refractivity contribution in [1.29, 1.82) is 0 Å². The van der Waals surface area contributed by atoms with E-state index in [1.54, 1.807) is 29.5 Å². The Hall–Kier alpha value is -2.45. The van der Waals surface area contributed by atoms with Gasteiger partial charge in [-0.05, 0) is 43.9 Å². The number of nitrogens with one attached hydrogen (secondary N) is 1. The number of halogens is 1. The summed E-state index contributed by atoms with van der Waals surface area (Å²) in [5.74, 6) is 0.894. The van der Waals surface area contributed by atoms with Gasteiger partial charge in [-0.15, -0.1) is 11.3 Å². The van der Waals surface area contributed by atoms with Crippen molar-refractivity contribution >= 4 is 45.0 Å². The molecule has 1 aromatic carbocycles. The largest absolute Gasteiger partial charge is 0.361 e. The number of hydrogen-bond donors (Lipinski definition) is 1. The van der Waals surface area contributed by atoms with Crippen molar-refractivity contribution in [3.8, 4) is 5.69 Å². The van der Waals surface area contributed by atoms with Gasteiger partial charge in [0.1, 0.15) is 4.70 Å². The molecule has 29 heavy (non-hydrogen) atoms. The molecule has 2 fully saturated rings. The number of fused-ring (bicyclic) bond motifs is 1. The zero-order chi connectivity index (χ0) is 20.3. The molecule has 1 N–H and O–H groups in total. The summed E-state index contributed by atoms with van der Waals surface area (Å²) >= 11 is 8.03. The molecule has 0 bridgehead atoms. The number of benzene rings is 1. The van der Waals surface area contributed by atoms with Crippen LogP contribution in [0, 0.1) is 0 Å². The van der Waals surface area contributed by atoms with Gasteiger partial charge in [-0.3, -0.25) is 4.79 Å². The van der Waals surface area contributed by atoms with Crippen LogP contribution in [0.5, 0.6) is 0 Å². The number of amides is 1. The minimum atomic E-state index is -0.463. The van der Waals surface area contributed by atoms with Crippen LogP contribution in [0.25, 0.3) is 16.0 Å². The number of carbonyl (C=O) groups is 1. The van der Waals surface area contributed by atoms with Gasteiger partial charge in [0.25, 0.3) is 5.91 Å². The first kappa shape index (κ1) is 18.6. The van der Waals surface area contributed by atoms with Crippen LogP contribution in [0.4, 0.5) is 5.82 Å². The number of carbonyl (C=O) groups excluding carboxylic acids is 1. The average Bonchev–Trinajstić information content (AvgIpc) is 3.61. The Kier molecular flexibility index (Phi) is 4.36. The van der Waals surface area contributed by atoms with Crippen LogP contribution in [0.15, 0.2) is 23.0 Å². The Labute approximate surface area is 176 Å². The molecule has 150 valence electrons. The maximum Gasteiger partial charge on any atom is 0.355 e.